The fraction of sp³-hybridized carbons (Fsp3) is 0.524. The summed E-state index contributed by atoms with van der Waals surface area (Å²) in [5.41, 5.74) is 9.22. The molecule has 0 saturated carbocycles. The summed E-state index contributed by atoms with van der Waals surface area (Å²) in [4.78, 5) is 27.7. The highest BCUT2D eigenvalue weighted by Gasteiger charge is 2.32. The van der Waals surface area contributed by atoms with Gasteiger partial charge in [0.1, 0.15) is 0 Å². The molecule has 1 fully saturated rings. The Morgan fingerprint density at radius 1 is 1.11 bits per heavy atom. The van der Waals surface area contributed by atoms with Crippen molar-refractivity contribution < 1.29 is 19.8 Å². The van der Waals surface area contributed by atoms with Gasteiger partial charge in [0.25, 0.3) is 0 Å². The van der Waals surface area contributed by atoms with Crippen molar-refractivity contribution in [3.63, 3.8) is 0 Å². The Labute approximate surface area is 165 Å². The van der Waals surface area contributed by atoms with E-state index in [0.29, 0.717) is 18.7 Å². The highest BCUT2D eigenvalue weighted by Crippen LogP contribution is 2.33. The summed E-state index contributed by atoms with van der Waals surface area (Å²) in [6.45, 7) is 1.29. The highest BCUT2D eigenvalue weighted by molar-refractivity contribution is 5.98. The first-order valence-corrected chi connectivity index (χ1v) is 9.94. The van der Waals surface area contributed by atoms with E-state index in [0.717, 1.165) is 42.4 Å². The second-order valence-corrected chi connectivity index (χ2v) is 7.46. The number of allylic oxidation sites excluding steroid dienone is 2. The maximum atomic E-state index is 12.5. The molecule has 7 nitrogen and oxygen atoms in total. The molecule has 0 atom stereocenters. The zero-order valence-corrected chi connectivity index (χ0v) is 16.1. The molecule has 1 aromatic rings. The molecule has 7 heteroatoms. The van der Waals surface area contributed by atoms with E-state index in [1.54, 1.807) is 15.9 Å². The van der Waals surface area contributed by atoms with Crippen LogP contribution in [0, 0.1) is 0 Å². The molecule has 2 aliphatic rings. The summed E-state index contributed by atoms with van der Waals surface area (Å²) in [6.07, 6.45) is 6.38. The van der Waals surface area contributed by atoms with Crippen molar-refractivity contribution in [2.24, 2.45) is 5.73 Å². The topological polar surface area (TPSA) is 107 Å². The summed E-state index contributed by atoms with van der Waals surface area (Å²) >= 11 is 0. The largest absolute Gasteiger partial charge is 0.395 e. The van der Waals surface area contributed by atoms with Crippen LogP contribution in [0.3, 0.4) is 0 Å². The van der Waals surface area contributed by atoms with Crippen molar-refractivity contribution in [2.75, 3.05) is 39.4 Å². The number of aliphatic hydroxyl groups is 2. The van der Waals surface area contributed by atoms with Gasteiger partial charge < -0.3 is 25.7 Å². The second kappa shape index (κ2) is 9.21. The van der Waals surface area contributed by atoms with Gasteiger partial charge in [-0.3, -0.25) is 4.79 Å². The molecule has 0 spiro atoms. The second-order valence-electron chi connectivity index (χ2n) is 7.46. The predicted octanol–water partition coefficient (Wildman–Crippen LogP) is 1.55. The third-order valence-electron chi connectivity index (χ3n) is 5.58. The summed E-state index contributed by atoms with van der Waals surface area (Å²) < 4.78 is 0. The van der Waals surface area contributed by atoms with Gasteiger partial charge in [-0.25, -0.2) is 4.79 Å². The molecule has 0 bridgehead atoms. The van der Waals surface area contributed by atoms with Crippen LogP contribution in [-0.4, -0.2) is 71.3 Å². The zero-order chi connectivity index (χ0) is 20.1. The van der Waals surface area contributed by atoms with Gasteiger partial charge in [0.15, 0.2) is 0 Å². The molecule has 1 heterocycles. The average molecular weight is 387 g/mol. The molecule has 0 unspecified atom stereocenters. The van der Waals surface area contributed by atoms with Crippen LogP contribution in [0.4, 0.5) is 4.79 Å². The molecule has 0 aromatic heterocycles. The number of carbonyl (C=O) groups is 2. The molecule has 4 N–H and O–H groups in total. The minimum absolute atomic E-state index is 0.0284. The van der Waals surface area contributed by atoms with Crippen LogP contribution in [-0.2, 0) is 0 Å². The van der Waals surface area contributed by atoms with Crippen molar-refractivity contribution in [1.82, 2.24) is 9.80 Å². The first-order valence-electron chi connectivity index (χ1n) is 9.94. The lowest BCUT2D eigenvalue weighted by molar-refractivity contribution is 0.0987. The molecular formula is C21H29N3O4. The number of amides is 3. The highest BCUT2D eigenvalue weighted by atomic mass is 16.3. The number of benzene rings is 1. The Hall–Kier alpha value is -2.38. The van der Waals surface area contributed by atoms with E-state index in [9.17, 15) is 19.8 Å². The fourth-order valence-electron chi connectivity index (χ4n) is 4.15. The number of urea groups is 1. The number of hydrogen-bond acceptors (Lipinski definition) is 4. The van der Waals surface area contributed by atoms with E-state index in [-0.39, 0.29) is 38.3 Å². The number of nitrogens with zero attached hydrogens (tertiary/aromatic N) is 2. The number of primary amides is 1. The molecule has 1 aromatic carbocycles. The first-order chi connectivity index (χ1) is 13.5. The van der Waals surface area contributed by atoms with Crippen LogP contribution < -0.4 is 5.73 Å². The third-order valence-corrected chi connectivity index (χ3v) is 5.58. The van der Waals surface area contributed by atoms with Gasteiger partial charge in [0, 0.05) is 37.7 Å². The summed E-state index contributed by atoms with van der Waals surface area (Å²) in [6, 6.07) is 5.56. The van der Waals surface area contributed by atoms with Gasteiger partial charge in [-0.2, -0.15) is 0 Å². The van der Waals surface area contributed by atoms with Crippen molar-refractivity contribution in [3.8, 4) is 0 Å². The smallest absolute Gasteiger partial charge is 0.320 e. The van der Waals surface area contributed by atoms with Crippen molar-refractivity contribution in [1.29, 1.82) is 0 Å². The van der Waals surface area contributed by atoms with E-state index in [2.05, 4.69) is 6.08 Å². The van der Waals surface area contributed by atoms with Gasteiger partial charge in [-0.05, 0) is 48.4 Å². The maximum absolute atomic E-state index is 12.5. The molecular weight excluding hydrogens is 358 g/mol. The Kier molecular flexibility index (Phi) is 6.70. The third kappa shape index (κ3) is 4.36. The van der Waals surface area contributed by atoms with Crippen molar-refractivity contribution >= 4 is 17.5 Å². The molecule has 3 amide bonds. The standard InChI is InChI=1S/C21H29N3O4/c22-20(27)18-7-6-16(12-19(18)15-4-2-1-3-5-15)17-13-23(8-10-25)21(28)24(14-17)9-11-26/h4,6-7,12,17,25-26H,1-3,5,8-11,13-14H2,(H2,22,27). The van der Waals surface area contributed by atoms with E-state index < -0.39 is 5.91 Å². The predicted molar refractivity (Wildman–Crippen MR) is 107 cm³/mol. The SMILES string of the molecule is NC(=O)c1ccc(C2CN(CCO)C(=O)N(CCO)C2)cc1C1=CCCCC1. The maximum Gasteiger partial charge on any atom is 0.320 e. The summed E-state index contributed by atoms with van der Waals surface area (Å²) in [5, 5.41) is 18.6. The van der Waals surface area contributed by atoms with Gasteiger partial charge in [-0.15, -0.1) is 0 Å². The van der Waals surface area contributed by atoms with Crippen LogP contribution in [0.2, 0.25) is 0 Å². The molecule has 0 radical (unpaired) electrons. The average Bonchev–Trinajstić information content (AvgIpc) is 2.71. The van der Waals surface area contributed by atoms with Crippen LogP contribution in [0.25, 0.3) is 5.57 Å². The Morgan fingerprint density at radius 3 is 2.32 bits per heavy atom. The number of nitrogens with two attached hydrogens (primary N) is 1. The Morgan fingerprint density at radius 2 is 1.79 bits per heavy atom. The van der Waals surface area contributed by atoms with Gasteiger partial charge in [-0.1, -0.05) is 18.2 Å². The van der Waals surface area contributed by atoms with Crippen LogP contribution in [0.5, 0.6) is 0 Å². The lowest BCUT2D eigenvalue weighted by atomic mass is 9.86. The van der Waals surface area contributed by atoms with Crippen molar-refractivity contribution in [3.05, 3.63) is 41.0 Å². The van der Waals surface area contributed by atoms with Gasteiger partial charge in [0.05, 0.1) is 13.2 Å². The van der Waals surface area contributed by atoms with E-state index in [4.69, 9.17) is 5.73 Å². The quantitative estimate of drug-likeness (QED) is 0.660. The minimum Gasteiger partial charge on any atom is -0.395 e. The lowest BCUT2D eigenvalue weighted by Crippen LogP contribution is -2.53. The molecule has 28 heavy (non-hydrogen) atoms. The van der Waals surface area contributed by atoms with Crippen LogP contribution >= 0.6 is 0 Å². The summed E-state index contributed by atoms with van der Waals surface area (Å²) in [5.74, 6) is -0.406. The fourth-order valence-corrected chi connectivity index (χ4v) is 4.15. The lowest BCUT2D eigenvalue weighted by Gasteiger charge is -2.40. The number of β-amino-alcohol motifs (C(OH)–C–C–N with tert-alkyl or cyclic N) is 2. The van der Waals surface area contributed by atoms with Gasteiger partial charge in [0.2, 0.25) is 5.91 Å². The van der Waals surface area contributed by atoms with Crippen molar-refractivity contribution in [2.45, 2.75) is 31.6 Å². The van der Waals surface area contributed by atoms with E-state index in [1.165, 1.54) is 0 Å². The molecule has 1 aliphatic heterocycles. The zero-order valence-electron chi connectivity index (χ0n) is 16.1. The minimum atomic E-state index is -0.435. The first kappa shape index (κ1) is 20.4. The number of hydrogen-bond donors (Lipinski definition) is 3. The number of aliphatic hydroxyl groups excluding tert-OH is 2. The Bertz CT molecular complexity index is 744. The number of rotatable bonds is 7. The monoisotopic (exact) mass is 387 g/mol. The number of carbonyl (C=O) groups excluding carboxylic acids is 2. The molecule has 152 valence electrons. The van der Waals surface area contributed by atoms with E-state index >= 15 is 0 Å². The van der Waals surface area contributed by atoms with Crippen LogP contribution in [0.1, 0.15) is 53.1 Å². The van der Waals surface area contributed by atoms with Gasteiger partial charge >= 0.3 is 6.03 Å². The molecule has 1 saturated heterocycles. The normalized spacial score (nSPS) is 18.4. The molecule has 3 rings (SSSR count). The Balaban J connectivity index is 1.94. The molecule has 1 aliphatic carbocycles. The summed E-state index contributed by atoms with van der Waals surface area (Å²) in [7, 11) is 0. The van der Waals surface area contributed by atoms with E-state index in [1.807, 2.05) is 12.1 Å². The van der Waals surface area contributed by atoms with Crippen LogP contribution in [0.15, 0.2) is 24.3 Å².